The Hall–Kier alpha value is -2.37. The second-order valence-corrected chi connectivity index (χ2v) is 8.11. The summed E-state index contributed by atoms with van der Waals surface area (Å²) in [5.41, 5.74) is 8.04. The number of nitrogens with zero attached hydrogens (tertiary/aromatic N) is 1. The highest BCUT2D eigenvalue weighted by atomic mass is 16.6. The second-order valence-electron chi connectivity index (χ2n) is 8.11. The third-order valence-electron chi connectivity index (χ3n) is 4.49. The van der Waals surface area contributed by atoms with Crippen LogP contribution in [-0.4, -0.2) is 35.2 Å². The van der Waals surface area contributed by atoms with Crippen LogP contribution in [0.1, 0.15) is 38.8 Å². The smallest absolute Gasteiger partial charge is 0.407 e. The fraction of sp³-hybridized carbons (Fsp3) is 0.435. The Morgan fingerprint density at radius 3 is 1.86 bits per heavy atom. The van der Waals surface area contributed by atoms with Crippen LogP contribution in [0.5, 0.6) is 0 Å². The predicted octanol–water partition coefficient (Wildman–Crippen LogP) is 3.93. The molecule has 2 aromatic carbocycles. The molecule has 3 N–H and O–H groups in total. The van der Waals surface area contributed by atoms with E-state index in [9.17, 15) is 4.79 Å². The van der Waals surface area contributed by atoms with E-state index >= 15 is 0 Å². The Kier molecular flexibility index (Phi) is 8.03. The average molecular weight is 384 g/mol. The summed E-state index contributed by atoms with van der Waals surface area (Å²) in [7, 11) is 0. The molecule has 1 amide bonds. The van der Waals surface area contributed by atoms with Crippen LogP contribution in [0.25, 0.3) is 0 Å². The standard InChI is InChI=1S/C23H33N3O2/c1-18(25-22(27)28-23(2,3)4)21(15-24)26(16-19-11-7-5-8-12-19)17-20-13-9-6-10-14-20/h5-14,18,21H,15-17,24H2,1-4H3,(H,25,27). The first-order valence-electron chi connectivity index (χ1n) is 9.80. The Bertz CT molecular complexity index is 672. The Labute approximate surface area is 168 Å². The minimum Gasteiger partial charge on any atom is -0.444 e. The number of benzene rings is 2. The van der Waals surface area contributed by atoms with Crippen LogP contribution in [0.2, 0.25) is 0 Å². The summed E-state index contributed by atoms with van der Waals surface area (Å²) >= 11 is 0. The lowest BCUT2D eigenvalue weighted by atomic mass is 10.0. The molecule has 28 heavy (non-hydrogen) atoms. The van der Waals surface area contributed by atoms with Crippen LogP contribution in [0.3, 0.4) is 0 Å². The first-order chi connectivity index (χ1) is 13.3. The molecular weight excluding hydrogens is 350 g/mol. The van der Waals surface area contributed by atoms with Gasteiger partial charge in [0.05, 0.1) is 0 Å². The van der Waals surface area contributed by atoms with Crippen LogP contribution in [0.15, 0.2) is 60.7 Å². The summed E-state index contributed by atoms with van der Waals surface area (Å²) in [5, 5.41) is 2.96. The van der Waals surface area contributed by atoms with Gasteiger partial charge in [0.1, 0.15) is 5.60 Å². The number of nitrogens with one attached hydrogen (secondary N) is 1. The quantitative estimate of drug-likeness (QED) is 0.725. The van der Waals surface area contributed by atoms with Gasteiger partial charge in [-0.25, -0.2) is 4.79 Å². The van der Waals surface area contributed by atoms with Crippen LogP contribution >= 0.6 is 0 Å². The normalized spacial score (nSPS) is 13.8. The third-order valence-corrected chi connectivity index (χ3v) is 4.49. The average Bonchev–Trinajstić information content (AvgIpc) is 2.62. The van der Waals surface area contributed by atoms with Crippen LogP contribution in [0, 0.1) is 0 Å². The zero-order valence-electron chi connectivity index (χ0n) is 17.4. The molecule has 0 aliphatic carbocycles. The minimum atomic E-state index is -0.532. The van der Waals surface area contributed by atoms with Gasteiger partial charge in [-0.2, -0.15) is 0 Å². The SMILES string of the molecule is CC(NC(=O)OC(C)(C)C)C(CN)N(Cc1ccccc1)Cc1ccccc1. The van der Waals surface area contributed by atoms with Crippen molar-refractivity contribution >= 4 is 6.09 Å². The molecule has 2 aromatic rings. The van der Waals surface area contributed by atoms with Crippen molar-refractivity contribution in [2.75, 3.05) is 6.54 Å². The topological polar surface area (TPSA) is 67.6 Å². The lowest BCUT2D eigenvalue weighted by Crippen LogP contribution is -2.54. The molecule has 0 aromatic heterocycles. The summed E-state index contributed by atoms with van der Waals surface area (Å²) in [4.78, 5) is 14.5. The molecule has 0 saturated heterocycles. The molecule has 0 bridgehead atoms. The number of rotatable bonds is 8. The van der Waals surface area contributed by atoms with Crippen molar-refractivity contribution in [2.45, 2.75) is 58.5 Å². The van der Waals surface area contributed by atoms with E-state index in [0.717, 1.165) is 13.1 Å². The molecule has 0 saturated carbocycles. The number of hydrogen-bond donors (Lipinski definition) is 2. The maximum atomic E-state index is 12.2. The number of ether oxygens (including phenoxy) is 1. The van der Waals surface area contributed by atoms with Gasteiger partial charge in [0, 0.05) is 31.7 Å². The van der Waals surface area contributed by atoms with Gasteiger partial charge in [-0.3, -0.25) is 4.90 Å². The Balaban J connectivity index is 2.16. The first kappa shape index (κ1) is 21.9. The van der Waals surface area contributed by atoms with Gasteiger partial charge in [0.25, 0.3) is 0 Å². The number of alkyl carbamates (subject to hydrolysis) is 1. The minimum absolute atomic E-state index is 0.0343. The Morgan fingerprint density at radius 1 is 1.00 bits per heavy atom. The van der Waals surface area contributed by atoms with Gasteiger partial charge in [-0.1, -0.05) is 60.7 Å². The van der Waals surface area contributed by atoms with E-state index in [0.29, 0.717) is 6.54 Å². The summed E-state index contributed by atoms with van der Waals surface area (Å²) in [5.74, 6) is 0. The van der Waals surface area contributed by atoms with Crippen molar-refractivity contribution in [3.05, 3.63) is 71.8 Å². The summed E-state index contributed by atoms with van der Waals surface area (Å²) in [6.07, 6.45) is -0.419. The summed E-state index contributed by atoms with van der Waals surface area (Å²) < 4.78 is 5.41. The fourth-order valence-corrected chi connectivity index (χ4v) is 3.19. The molecule has 152 valence electrons. The molecule has 0 aliphatic heterocycles. The molecule has 0 aliphatic rings. The van der Waals surface area contributed by atoms with Crippen molar-refractivity contribution in [1.29, 1.82) is 0 Å². The van der Waals surface area contributed by atoms with Crippen LogP contribution in [-0.2, 0) is 17.8 Å². The lowest BCUT2D eigenvalue weighted by molar-refractivity contribution is 0.0463. The summed E-state index contributed by atoms with van der Waals surface area (Å²) in [6.45, 7) is 9.47. The van der Waals surface area contributed by atoms with E-state index in [2.05, 4.69) is 34.5 Å². The number of carbonyl (C=O) groups is 1. The van der Waals surface area contributed by atoms with Crippen LogP contribution < -0.4 is 11.1 Å². The zero-order chi connectivity index (χ0) is 20.6. The van der Waals surface area contributed by atoms with Crippen molar-refractivity contribution in [3.63, 3.8) is 0 Å². The third kappa shape index (κ3) is 7.33. The number of nitrogens with two attached hydrogens (primary N) is 1. The van der Waals surface area contributed by atoms with E-state index in [4.69, 9.17) is 10.5 Å². The highest BCUT2D eigenvalue weighted by Crippen LogP contribution is 2.16. The van der Waals surface area contributed by atoms with E-state index in [-0.39, 0.29) is 12.1 Å². The maximum absolute atomic E-state index is 12.2. The van der Waals surface area contributed by atoms with Crippen molar-refractivity contribution in [2.24, 2.45) is 5.73 Å². The molecule has 2 rings (SSSR count). The number of carbonyl (C=O) groups excluding carboxylic acids is 1. The lowest BCUT2D eigenvalue weighted by Gasteiger charge is -2.35. The second kappa shape index (κ2) is 10.2. The highest BCUT2D eigenvalue weighted by Gasteiger charge is 2.27. The van der Waals surface area contributed by atoms with Gasteiger partial charge in [0.2, 0.25) is 0 Å². The van der Waals surface area contributed by atoms with Gasteiger partial charge in [-0.15, -0.1) is 0 Å². The molecule has 2 atom stereocenters. The maximum Gasteiger partial charge on any atom is 0.407 e. The number of amides is 1. The Morgan fingerprint density at radius 2 is 1.46 bits per heavy atom. The van der Waals surface area contributed by atoms with Gasteiger partial charge >= 0.3 is 6.09 Å². The van der Waals surface area contributed by atoms with Crippen LogP contribution in [0.4, 0.5) is 4.79 Å². The van der Waals surface area contributed by atoms with E-state index < -0.39 is 11.7 Å². The van der Waals surface area contributed by atoms with Crippen molar-refractivity contribution in [1.82, 2.24) is 10.2 Å². The predicted molar refractivity (Wildman–Crippen MR) is 114 cm³/mol. The van der Waals surface area contributed by atoms with Gasteiger partial charge < -0.3 is 15.8 Å². The van der Waals surface area contributed by atoms with Crippen molar-refractivity contribution < 1.29 is 9.53 Å². The van der Waals surface area contributed by atoms with E-state index in [1.54, 1.807) is 0 Å². The fourth-order valence-electron chi connectivity index (χ4n) is 3.19. The molecule has 0 spiro atoms. The molecule has 5 nitrogen and oxygen atoms in total. The van der Waals surface area contributed by atoms with E-state index in [1.807, 2.05) is 64.1 Å². The monoisotopic (exact) mass is 383 g/mol. The largest absolute Gasteiger partial charge is 0.444 e. The molecule has 2 unspecified atom stereocenters. The molecule has 0 heterocycles. The number of hydrogen-bond acceptors (Lipinski definition) is 4. The first-order valence-corrected chi connectivity index (χ1v) is 9.80. The molecular formula is C23H33N3O2. The molecule has 5 heteroatoms. The molecule has 0 fully saturated rings. The zero-order valence-corrected chi connectivity index (χ0v) is 17.4. The molecule has 0 radical (unpaired) electrons. The summed E-state index contributed by atoms with van der Waals surface area (Å²) in [6, 6.07) is 20.4. The highest BCUT2D eigenvalue weighted by molar-refractivity contribution is 5.68. The van der Waals surface area contributed by atoms with Gasteiger partial charge in [0.15, 0.2) is 0 Å². The van der Waals surface area contributed by atoms with Crippen molar-refractivity contribution in [3.8, 4) is 0 Å². The van der Waals surface area contributed by atoms with E-state index in [1.165, 1.54) is 11.1 Å². The van der Waals surface area contributed by atoms with Gasteiger partial charge in [-0.05, 0) is 38.8 Å².